The first-order valence-electron chi connectivity index (χ1n) is 4.32. The molecule has 0 saturated heterocycles. The Morgan fingerprint density at radius 3 is 2.85 bits per heavy atom. The van der Waals surface area contributed by atoms with Crippen molar-refractivity contribution in [2.24, 2.45) is 0 Å². The summed E-state index contributed by atoms with van der Waals surface area (Å²) in [6.45, 7) is 4.27. The monoisotopic (exact) mass is 194 g/mol. The summed E-state index contributed by atoms with van der Waals surface area (Å²) >= 11 is 5.91. The molecule has 2 rings (SSSR count). The van der Waals surface area contributed by atoms with Gasteiger partial charge in [0.25, 0.3) is 0 Å². The average Bonchev–Trinajstić information content (AvgIpc) is 2.46. The van der Waals surface area contributed by atoms with E-state index in [1.165, 1.54) is 0 Å². The van der Waals surface area contributed by atoms with Gasteiger partial charge in [-0.3, -0.25) is 5.10 Å². The number of nitrogens with one attached hydrogen (secondary N) is 1. The Hall–Kier alpha value is -1.02. The third kappa shape index (κ3) is 1.42. The third-order valence-electron chi connectivity index (χ3n) is 2.12. The molecular weight excluding hydrogens is 184 g/mol. The molecule has 0 amide bonds. The topological polar surface area (TPSA) is 28.7 Å². The molecule has 0 spiro atoms. The zero-order valence-corrected chi connectivity index (χ0v) is 8.39. The van der Waals surface area contributed by atoms with Gasteiger partial charge in [0.05, 0.1) is 5.52 Å². The van der Waals surface area contributed by atoms with E-state index in [-0.39, 0.29) is 0 Å². The number of halogens is 1. The van der Waals surface area contributed by atoms with Gasteiger partial charge in [-0.25, -0.2) is 0 Å². The van der Waals surface area contributed by atoms with Crippen molar-refractivity contribution in [1.82, 2.24) is 10.2 Å². The van der Waals surface area contributed by atoms with Crippen LogP contribution in [0.25, 0.3) is 10.9 Å². The van der Waals surface area contributed by atoms with Crippen molar-refractivity contribution in [3.63, 3.8) is 0 Å². The molecule has 0 fully saturated rings. The number of fused-ring (bicyclic) bond motifs is 1. The Labute approximate surface area is 81.9 Å². The zero-order chi connectivity index (χ0) is 9.42. The van der Waals surface area contributed by atoms with Crippen LogP contribution < -0.4 is 0 Å². The van der Waals surface area contributed by atoms with Gasteiger partial charge in [0.2, 0.25) is 0 Å². The number of rotatable bonds is 1. The van der Waals surface area contributed by atoms with Gasteiger partial charge in [-0.15, -0.1) is 0 Å². The highest BCUT2D eigenvalue weighted by Crippen LogP contribution is 2.25. The summed E-state index contributed by atoms with van der Waals surface area (Å²) in [6.07, 6.45) is 0. The second kappa shape index (κ2) is 3.04. The fraction of sp³-hybridized carbons (Fsp3) is 0.300. The maximum atomic E-state index is 5.91. The molecule has 2 nitrogen and oxygen atoms in total. The maximum Gasteiger partial charge on any atom is 0.0924 e. The van der Waals surface area contributed by atoms with Crippen molar-refractivity contribution >= 4 is 22.5 Å². The van der Waals surface area contributed by atoms with E-state index < -0.39 is 0 Å². The molecule has 1 aromatic carbocycles. The van der Waals surface area contributed by atoms with E-state index in [0.29, 0.717) is 5.92 Å². The van der Waals surface area contributed by atoms with Gasteiger partial charge in [0, 0.05) is 16.1 Å². The van der Waals surface area contributed by atoms with Gasteiger partial charge < -0.3 is 0 Å². The van der Waals surface area contributed by atoms with Crippen LogP contribution in [0.3, 0.4) is 0 Å². The molecule has 1 heterocycles. The molecule has 0 bridgehead atoms. The molecule has 0 atom stereocenters. The Balaban J connectivity index is 2.71. The number of aromatic amines is 1. The quantitative estimate of drug-likeness (QED) is 0.741. The largest absolute Gasteiger partial charge is 0.281 e. The lowest BCUT2D eigenvalue weighted by Crippen LogP contribution is -1.87. The van der Waals surface area contributed by atoms with E-state index in [9.17, 15) is 0 Å². The molecule has 1 aromatic heterocycles. The molecule has 13 heavy (non-hydrogen) atoms. The van der Waals surface area contributed by atoms with Crippen LogP contribution in [0.15, 0.2) is 18.2 Å². The Bertz CT molecular complexity index is 431. The molecule has 3 heteroatoms. The third-order valence-corrected chi connectivity index (χ3v) is 2.36. The number of aromatic nitrogens is 2. The minimum Gasteiger partial charge on any atom is -0.281 e. The van der Waals surface area contributed by atoms with Gasteiger partial charge >= 0.3 is 0 Å². The number of H-pyrrole nitrogens is 1. The van der Waals surface area contributed by atoms with Crippen LogP contribution in [-0.4, -0.2) is 10.2 Å². The van der Waals surface area contributed by atoms with E-state index in [4.69, 9.17) is 11.6 Å². The van der Waals surface area contributed by atoms with E-state index >= 15 is 0 Å². The van der Waals surface area contributed by atoms with Crippen LogP contribution in [0.5, 0.6) is 0 Å². The van der Waals surface area contributed by atoms with Crippen molar-refractivity contribution in [1.29, 1.82) is 0 Å². The van der Waals surface area contributed by atoms with Crippen LogP contribution in [0.1, 0.15) is 25.5 Å². The van der Waals surface area contributed by atoms with Gasteiger partial charge in [0.1, 0.15) is 0 Å². The van der Waals surface area contributed by atoms with Crippen LogP contribution in [-0.2, 0) is 0 Å². The molecular formula is C10H11ClN2. The summed E-state index contributed by atoms with van der Waals surface area (Å²) in [7, 11) is 0. The van der Waals surface area contributed by atoms with Crippen molar-refractivity contribution in [3.8, 4) is 0 Å². The van der Waals surface area contributed by atoms with Crippen molar-refractivity contribution < 1.29 is 0 Å². The molecule has 0 unspecified atom stereocenters. The lowest BCUT2D eigenvalue weighted by atomic mass is 10.1. The normalized spacial score (nSPS) is 11.4. The van der Waals surface area contributed by atoms with Gasteiger partial charge in [-0.1, -0.05) is 25.4 Å². The van der Waals surface area contributed by atoms with Crippen LogP contribution in [0.2, 0.25) is 5.02 Å². The van der Waals surface area contributed by atoms with E-state index in [1.807, 2.05) is 18.2 Å². The lowest BCUT2D eigenvalue weighted by Gasteiger charge is -2.00. The first kappa shape index (κ1) is 8.57. The average molecular weight is 195 g/mol. The Morgan fingerprint density at radius 1 is 1.38 bits per heavy atom. The SMILES string of the molecule is CC(C)c1[nH]nc2ccc(Cl)cc12. The molecule has 2 aromatic rings. The molecule has 68 valence electrons. The summed E-state index contributed by atoms with van der Waals surface area (Å²) < 4.78 is 0. The second-order valence-corrected chi connectivity index (χ2v) is 3.89. The number of nitrogens with zero attached hydrogens (tertiary/aromatic N) is 1. The summed E-state index contributed by atoms with van der Waals surface area (Å²) in [5.74, 6) is 0.448. The highest BCUT2D eigenvalue weighted by molar-refractivity contribution is 6.31. The van der Waals surface area contributed by atoms with Crippen LogP contribution in [0.4, 0.5) is 0 Å². The van der Waals surface area contributed by atoms with Gasteiger partial charge in [0.15, 0.2) is 0 Å². The predicted octanol–water partition coefficient (Wildman–Crippen LogP) is 3.34. The summed E-state index contributed by atoms with van der Waals surface area (Å²) in [6, 6.07) is 5.74. The molecule has 0 aliphatic rings. The van der Waals surface area contributed by atoms with E-state index in [2.05, 4.69) is 24.0 Å². The minimum atomic E-state index is 0.448. The van der Waals surface area contributed by atoms with Crippen molar-refractivity contribution in [2.75, 3.05) is 0 Å². The molecule has 0 radical (unpaired) electrons. The number of hydrogen-bond donors (Lipinski definition) is 1. The number of hydrogen-bond acceptors (Lipinski definition) is 1. The highest BCUT2D eigenvalue weighted by Gasteiger charge is 2.08. The first-order chi connectivity index (χ1) is 6.18. The summed E-state index contributed by atoms with van der Waals surface area (Å²) in [5.41, 5.74) is 2.13. The molecule has 1 N–H and O–H groups in total. The summed E-state index contributed by atoms with van der Waals surface area (Å²) in [4.78, 5) is 0. The fourth-order valence-electron chi connectivity index (χ4n) is 1.44. The van der Waals surface area contributed by atoms with E-state index in [1.54, 1.807) is 0 Å². The van der Waals surface area contributed by atoms with Crippen molar-refractivity contribution in [3.05, 3.63) is 28.9 Å². The van der Waals surface area contributed by atoms with Gasteiger partial charge in [-0.05, 0) is 24.1 Å². The van der Waals surface area contributed by atoms with Crippen molar-refractivity contribution in [2.45, 2.75) is 19.8 Å². The van der Waals surface area contributed by atoms with Gasteiger partial charge in [-0.2, -0.15) is 5.10 Å². The van der Waals surface area contributed by atoms with Crippen LogP contribution in [0, 0.1) is 0 Å². The lowest BCUT2D eigenvalue weighted by molar-refractivity contribution is 0.818. The fourth-order valence-corrected chi connectivity index (χ4v) is 1.61. The molecule has 0 saturated carbocycles. The summed E-state index contributed by atoms with van der Waals surface area (Å²) in [5, 5.41) is 9.12. The Morgan fingerprint density at radius 2 is 2.15 bits per heavy atom. The molecule has 0 aliphatic heterocycles. The predicted molar refractivity (Wildman–Crippen MR) is 55.2 cm³/mol. The number of benzene rings is 1. The van der Waals surface area contributed by atoms with E-state index in [0.717, 1.165) is 21.6 Å². The highest BCUT2D eigenvalue weighted by atomic mass is 35.5. The Kier molecular flexibility index (Phi) is 2.00. The molecule has 0 aliphatic carbocycles. The minimum absolute atomic E-state index is 0.448. The first-order valence-corrected chi connectivity index (χ1v) is 4.70. The van der Waals surface area contributed by atoms with Crippen LogP contribution >= 0.6 is 11.6 Å². The zero-order valence-electron chi connectivity index (χ0n) is 7.63. The standard InChI is InChI=1S/C10H11ClN2/c1-6(2)10-8-5-7(11)3-4-9(8)12-13-10/h3-6H,1-2H3,(H,12,13). The smallest absolute Gasteiger partial charge is 0.0924 e. The second-order valence-electron chi connectivity index (χ2n) is 3.45. The maximum absolute atomic E-state index is 5.91.